The average Bonchev–Trinajstić information content (AvgIpc) is 3.41. The number of rotatable bonds is 6. The minimum atomic E-state index is -4.64. The second kappa shape index (κ2) is 8.68. The van der Waals surface area contributed by atoms with E-state index in [1.807, 2.05) is 5.38 Å². The number of hydrogen-bond donors (Lipinski definition) is 2. The number of benzene rings is 2. The lowest BCUT2D eigenvalue weighted by molar-refractivity contribution is -0.137. The molecule has 0 saturated heterocycles. The Balaban J connectivity index is 1.78. The standard InChI is InChI=1S/C22H14ClF3N2O3S/c23-16-4-1-3-15(22(24,25)26)18(16)19-14(20(31-28-19)17-5-2-10-32-17)11-27-13-8-6-12(7-9-13)21(29)30/h1-10,27H,11H2,(H,29,30). The van der Waals surface area contributed by atoms with Crippen LogP contribution < -0.4 is 5.32 Å². The van der Waals surface area contributed by atoms with Crippen LogP contribution in [-0.4, -0.2) is 16.2 Å². The lowest BCUT2D eigenvalue weighted by Crippen LogP contribution is -2.09. The van der Waals surface area contributed by atoms with Crippen molar-refractivity contribution in [1.82, 2.24) is 5.16 Å². The van der Waals surface area contributed by atoms with Crippen LogP contribution in [-0.2, 0) is 12.7 Å². The molecule has 0 bridgehead atoms. The molecular formula is C22H14ClF3N2O3S. The number of nitrogens with one attached hydrogen (secondary N) is 1. The largest absolute Gasteiger partial charge is 0.478 e. The summed E-state index contributed by atoms with van der Waals surface area (Å²) in [5.74, 6) is -0.728. The number of thiophene rings is 1. The van der Waals surface area contributed by atoms with Crippen LogP contribution in [0.5, 0.6) is 0 Å². The second-order valence-corrected chi connectivity index (χ2v) is 8.07. The molecule has 0 aliphatic rings. The van der Waals surface area contributed by atoms with Crippen molar-refractivity contribution in [2.45, 2.75) is 12.7 Å². The molecule has 0 fully saturated rings. The first-order valence-electron chi connectivity index (χ1n) is 9.21. The quantitative estimate of drug-likeness (QED) is 0.310. The molecule has 2 aromatic heterocycles. The number of halogens is 4. The molecule has 0 aliphatic heterocycles. The minimum Gasteiger partial charge on any atom is -0.478 e. The Labute approximate surface area is 189 Å². The molecule has 0 unspecified atom stereocenters. The van der Waals surface area contributed by atoms with Crippen molar-refractivity contribution in [1.29, 1.82) is 0 Å². The minimum absolute atomic E-state index is 0.0130. The monoisotopic (exact) mass is 478 g/mol. The van der Waals surface area contributed by atoms with Crippen molar-refractivity contribution >= 4 is 34.6 Å². The summed E-state index contributed by atoms with van der Waals surface area (Å²) in [5.41, 5.74) is -0.0930. The molecule has 0 spiro atoms. The van der Waals surface area contributed by atoms with Crippen LogP contribution in [0.25, 0.3) is 21.9 Å². The molecule has 0 saturated carbocycles. The molecule has 0 amide bonds. The summed E-state index contributed by atoms with van der Waals surface area (Å²) in [6.07, 6.45) is -4.64. The molecule has 32 heavy (non-hydrogen) atoms. The normalized spacial score (nSPS) is 11.5. The maximum atomic E-state index is 13.7. The Morgan fingerprint density at radius 1 is 1.12 bits per heavy atom. The van der Waals surface area contributed by atoms with E-state index in [1.54, 1.807) is 24.3 Å². The zero-order valence-corrected chi connectivity index (χ0v) is 17.7. The highest BCUT2D eigenvalue weighted by Gasteiger charge is 2.36. The molecule has 0 aliphatic carbocycles. The number of carbonyl (C=O) groups is 1. The summed E-state index contributed by atoms with van der Waals surface area (Å²) in [4.78, 5) is 11.7. The molecule has 2 N–H and O–H groups in total. The third-order valence-corrected chi connectivity index (χ3v) is 5.87. The van der Waals surface area contributed by atoms with Crippen LogP contribution in [0.1, 0.15) is 21.5 Å². The molecule has 10 heteroatoms. The van der Waals surface area contributed by atoms with Crippen molar-refractivity contribution in [2.24, 2.45) is 0 Å². The molecule has 0 atom stereocenters. The van der Waals surface area contributed by atoms with Crippen LogP contribution in [0.3, 0.4) is 0 Å². The van der Waals surface area contributed by atoms with Crippen molar-refractivity contribution in [3.05, 3.63) is 81.7 Å². The van der Waals surface area contributed by atoms with E-state index in [-0.39, 0.29) is 28.4 Å². The van der Waals surface area contributed by atoms with E-state index >= 15 is 0 Å². The number of carboxylic acids is 1. The zero-order valence-electron chi connectivity index (χ0n) is 16.1. The van der Waals surface area contributed by atoms with Gasteiger partial charge in [-0.3, -0.25) is 0 Å². The van der Waals surface area contributed by atoms with Crippen LogP contribution in [0.4, 0.5) is 18.9 Å². The van der Waals surface area contributed by atoms with Crippen LogP contribution in [0, 0.1) is 0 Å². The van der Waals surface area contributed by atoms with E-state index in [2.05, 4.69) is 10.5 Å². The smallest absolute Gasteiger partial charge is 0.417 e. The molecule has 4 aromatic rings. The van der Waals surface area contributed by atoms with E-state index < -0.39 is 17.7 Å². The zero-order chi connectivity index (χ0) is 22.9. The van der Waals surface area contributed by atoms with Gasteiger partial charge in [-0.25, -0.2) is 4.79 Å². The maximum absolute atomic E-state index is 13.7. The number of carboxylic acid groups (broad SMARTS) is 1. The number of nitrogens with zero attached hydrogens (tertiary/aromatic N) is 1. The summed E-state index contributed by atoms with van der Waals surface area (Å²) in [6, 6.07) is 13.1. The van der Waals surface area contributed by atoms with Gasteiger partial charge in [0.15, 0.2) is 5.76 Å². The van der Waals surface area contributed by atoms with Gasteiger partial charge in [0.1, 0.15) is 5.69 Å². The predicted molar refractivity (Wildman–Crippen MR) is 116 cm³/mol. The van der Waals surface area contributed by atoms with Crippen LogP contribution >= 0.6 is 22.9 Å². The number of aromatic carboxylic acids is 1. The lowest BCUT2D eigenvalue weighted by Gasteiger charge is -2.14. The SMILES string of the molecule is O=C(O)c1ccc(NCc2c(-c3c(Cl)cccc3C(F)(F)F)noc2-c2cccs2)cc1. The topological polar surface area (TPSA) is 75.4 Å². The molecule has 4 rings (SSSR count). The Morgan fingerprint density at radius 2 is 1.88 bits per heavy atom. The Kier molecular flexibility index (Phi) is 5.94. The van der Waals surface area contributed by atoms with Crippen LogP contribution in [0.15, 0.2) is 64.5 Å². The number of anilines is 1. The van der Waals surface area contributed by atoms with Gasteiger partial charge < -0.3 is 14.9 Å². The van der Waals surface area contributed by atoms with Gasteiger partial charge in [-0.15, -0.1) is 11.3 Å². The Morgan fingerprint density at radius 3 is 2.50 bits per heavy atom. The molecule has 2 heterocycles. The van der Waals surface area contributed by atoms with Crippen LogP contribution in [0.2, 0.25) is 5.02 Å². The number of alkyl halides is 3. The van der Waals surface area contributed by atoms with Gasteiger partial charge in [0.25, 0.3) is 0 Å². The number of aromatic nitrogens is 1. The first-order valence-corrected chi connectivity index (χ1v) is 10.5. The summed E-state index contributed by atoms with van der Waals surface area (Å²) in [5, 5.41) is 17.8. The van der Waals surface area contributed by atoms with E-state index in [0.29, 0.717) is 21.9 Å². The Bertz CT molecular complexity index is 1250. The van der Waals surface area contributed by atoms with Gasteiger partial charge in [-0.1, -0.05) is 28.9 Å². The lowest BCUT2D eigenvalue weighted by atomic mass is 9.99. The highest BCUT2D eigenvalue weighted by Crippen LogP contribution is 2.44. The van der Waals surface area contributed by atoms with Gasteiger partial charge in [0, 0.05) is 23.4 Å². The average molecular weight is 479 g/mol. The van der Waals surface area contributed by atoms with Crippen molar-refractivity contribution in [3.8, 4) is 21.9 Å². The second-order valence-electron chi connectivity index (χ2n) is 6.71. The third kappa shape index (κ3) is 4.35. The van der Waals surface area contributed by atoms with E-state index in [0.717, 1.165) is 6.07 Å². The summed E-state index contributed by atoms with van der Waals surface area (Å²) >= 11 is 7.54. The first-order chi connectivity index (χ1) is 15.3. The fraction of sp³-hybridized carbons (Fsp3) is 0.0909. The van der Waals surface area contributed by atoms with Crippen molar-refractivity contribution < 1.29 is 27.6 Å². The predicted octanol–water partition coefficient (Wildman–Crippen LogP) is 7.05. The van der Waals surface area contributed by atoms with Crippen molar-refractivity contribution in [3.63, 3.8) is 0 Å². The maximum Gasteiger partial charge on any atom is 0.417 e. The first kappa shape index (κ1) is 21.9. The van der Waals surface area contributed by atoms with Crippen molar-refractivity contribution in [2.75, 3.05) is 5.32 Å². The summed E-state index contributed by atoms with van der Waals surface area (Å²) < 4.78 is 46.6. The highest BCUT2D eigenvalue weighted by atomic mass is 35.5. The van der Waals surface area contributed by atoms with E-state index in [4.69, 9.17) is 21.2 Å². The van der Waals surface area contributed by atoms with E-state index in [1.165, 1.54) is 35.6 Å². The van der Waals surface area contributed by atoms with Gasteiger partial charge in [-0.05, 0) is 47.8 Å². The summed E-state index contributed by atoms with van der Waals surface area (Å²) in [6.45, 7) is 0.0704. The molecule has 2 aromatic carbocycles. The number of hydrogen-bond acceptors (Lipinski definition) is 5. The fourth-order valence-electron chi connectivity index (χ4n) is 3.19. The van der Waals surface area contributed by atoms with Gasteiger partial charge in [0.05, 0.1) is 21.0 Å². The molecular weight excluding hydrogens is 465 g/mol. The molecule has 0 radical (unpaired) electrons. The summed E-state index contributed by atoms with van der Waals surface area (Å²) in [7, 11) is 0. The van der Waals surface area contributed by atoms with Gasteiger partial charge >= 0.3 is 12.1 Å². The molecule has 5 nitrogen and oxygen atoms in total. The third-order valence-electron chi connectivity index (χ3n) is 4.69. The van der Waals surface area contributed by atoms with Gasteiger partial charge in [-0.2, -0.15) is 13.2 Å². The van der Waals surface area contributed by atoms with Gasteiger partial charge in [0.2, 0.25) is 0 Å². The van der Waals surface area contributed by atoms with E-state index in [9.17, 15) is 18.0 Å². The highest BCUT2D eigenvalue weighted by molar-refractivity contribution is 7.13. The Hall–Kier alpha value is -3.30. The molecule has 164 valence electrons. The fourth-order valence-corrected chi connectivity index (χ4v) is 4.19.